The summed E-state index contributed by atoms with van der Waals surface area (Å²) in [5, 5.41) is 13.9. The predicted molar refractivity (Wildman–Crippen MR) is 80.2 cm³/mol. The Kier molecular flexibility index (Phi) is 5.13. The highest BCUT2D eigenvalue weighted by Crippen LogP contribution is 2.29. The van der Waals surface area contributed by atoms with Crippen LogP contribution in [0.2, 0.25) is 0 Å². The van der Waals surface area contributed by atoms with Gasteiger partial charge in [0, 0.05) is 24.2 Å². The minimum atomic E-state index is -3.37. The molecule has 1 rings (SSSR count). The summed E-state index contributed by atoms with van der Waals surface area (Å²) in [5.74, 6) is 0.469. The maximum Gasteiger partial charge on any atom is 0.292 e. The largest absolute Gasteiger partial charge is 0.497 e. The van der Waals surface area contributed by atoms with Gasteiger partial charge in [-0.25, -0.2) is 13.1 Å². The summed E-state index contributed by atoms with van der Waals surface area (Å²) in [6.07, 6.45) is 1.06. The molecule has 0 spiro atoms. The molecule has 0 aliphatic rings. The molecule has 0 amide bonds. The van der Waals surface area contributed by atoms with Gasteiger partial charge in [-0.05, 0) is 19.9 Å². The van der Waals surface area contributed by atoms with Crippen LogP contribution < -0.4 is 14.8 Å². The second-order valence-electron chi connectivity index (χ2n) is 5.25. The van der Waals surface area contributed by atoms with Gasteiger partial charge in [0.15, 0.2) is 0 Å². The van der Waals surface area contributed by atoms with E-state index in [1.165, 1.54) is 25.3 Å². The van der Waals surface area contributed by atoms with E-state index in [4.69, 9.17) is 4.74 Å². The molecule has 0 atom stereocenters. The number of anilines is 1. The lowest BCUT2D eigenvalue weighted by atomic mass is 10.1. The molecule has 0 unspecified atom stereocenters. The lowest BCUT2D eigenvalue weighted by Gasteiger charge is -2.25. The monoisotopic (exact) mass is 317 g/mol. The Hall–Kier alpha value is -1.87. The maximum atomic E-state index is 11.3. The number of ether oxygens (including phenoxy) is 1. The van der Waals surface area contributed by atoms with Crippen molar-refractivity contribution in [1.29, 1.82) is 0 Å². The van der Waals surface area contributed by atoms with Crippen LogP contribution in [0.4, 0.5) is 11.4 Å². The number of nitro groups is 1. The number of methoxy groups -OCH3 is 1. The Morgan fingerprint density at radius 3 is 2.48 bits per heavy atom. The van der Waals surface area contributed by atoms with E-state index in [1.54, 1.807) is 13.8 Å². The summed E-state index contributed by atoms with van der Waals surface area (Å²) >= 11 is 0. The average Bonchev–Trinajstić information content (AvgIpc) is 2.33. The highest BCUT2D eigenvalue weighted by Gasteiger charge is 2.23. The molecule has 0 fully saturated rings. The Balaban J connectivity index is 2.94. The van der Waals surface area contributed by atoms with Crippen LogP contribution in [-0.4, -0.2) is 38.8 Å². The first kappa shape index (κ1) is 17.2. The lowest BCUT2D eigenvalue weighted by molar-refractivity contribution is -0.384. The molecule has 1 aromatic carbocycles. The topological polar surface area (TPSA) is 111 Å². The highest BCUT2D eigenvalue weighted by molar-refractivity contribution is 7.88. The second kappa shape index (κ2) is 6.27. The van der Waals surface area contributed by atoms with Crippen molar-refractivity contribution in [1.82, 2.24) is 4.72 Å². The first-order chi connectivity index (χ1) is 9.54. The highest BCUT2D eigenvalue weighted by atomic mass is 32.2. The van der Waals surface area contributed by atoms with Crippen molar-refractivity contribution in [3.63, 3.8) is 0 Å². The number of rotatable bonds is 7. The van der Waals surface area contributed by atoms with Gasteiger partial charge in [-0.15, -0.1) is 0 Å². The van der Waals surface area contributed by atoms with E-state index < -0.39 is 20.5 Å². The summed E-state index contributed by atoms with van der Waals surface area (Å²) < 4.78 is 30.0. The Morgan fingerprint density at radius 2 is 2.00 bits per heavy atom. The predicted octanol–water partition coefficient (Wildman–Crippen LogP) is 1.34. The number of nitrogens with zero attached hydrogens (tertiary/aromatic N) is 1. The van der Waals surface area contributed by atoms with Crippen LogP contribution in [0.1, 0.15) is 13.8 Å². The summed E-state index contributed by atoms with van der Waals surface area (Å²) in [5.41, 5.74) is -0.640. The van der Waals surface area contributed by atoms with E-state index in [0.717, 1.165) is 6.26 Å². The third kappa shape index (κ3) is 5.56. The fourth-order valence-electron chi connectivity index (χ4n) is 1.80. The van der Waals surface area contributed by atoms with Crippen LogP contribution in [0.3, 0.4) is 0 Å². The van der Waals surface area contributed by atoms with Gasteiger partial charge in [0.25, 0.3) is 5.69 Å². The van der Waals surface area contributed by atoms with E-state index in [0.29, 0.717) is 5.75 Å². The molecule has 0 aliphatic carbocycles. The molecule has 1 aromatic rings. The molecule has 118 valence electrons. The standard InChI is InChI=1S/C12H19N3O5S/c1-12(2,14-21(4,18)19)8-13-10-7-9(20-3)5-6-11(10)15(16)17/h5-7,13-14H,8H2,1-4H3. The van der Waals surface area contributed by atoms with Gasteiger partial charge in [0.1, 0.15) is 11.4 Å². The molecule has 0 aliphatic heterocycles. The molecule has 0 aromatic heterocycles. The van der Waals surface area contributed by atoms with Crippen molar-refractivity contribution in [2.24, 2.45) is 0 Å². The smallest absolute Gasteiger partial charge is 0.292 e. The van der Waals surface area contributed by atoms with Gasteiger partial charge in [0.2, 0.25) is 10.0 Å². The molecule has 8 nitrogen and oxygen atoms in total. The normalized spacial score (nSPS) is 12.0. The number of nitrogens with one attached hydrogen (secondary N) is 2. The number of hydrogen-bond acceptors (Lipinski definition) is 6. The average molecular weight is 317 g/mol. The molecule has 0 heterocycles. The summed E-state index contributed by atoms with van der Waals surface area (Å²) in [4.78, 5) is 10.5. The molecular weight excluding hydrogens is 298 g/mol. The van der Waals surface area contributed by atoms with E-state index in [9.17, 15) is 18.5 Å². The zero-order chi connectivity index (χ0) is 16.3. The second-order valence-corrected chi connectivity index (χ2v) is 7.00. The molecule has 0 saturated heterocycles. The molecule has 21 heavy (non-hydrogen) atoms. The number of nitro benzene ring substituents is 1. The van der Waals surface area contributed by atoms with E-state index >= 15 is 0 Å². The van der Waals surface area contributed by atoms with Crippen LogP contribution in [0.15, 0.2) is 18.2 Å². The van der Waals surface area contributed by atoms with Crippen molar-refractivity contribution in [3.05, 3.63) is 28.3 Å². The van der Waals surface area contributed by atoms with Gasteiger partial charge < -0.3 is 10.1 Å². The van der Waals surface area contributed by atoms with Gasteiger partial charge in [-0.2, -0.15) is 0 Å². The Labute approximate surface area is 123 Å². The van der Waals surface area contributed by atoms with Crippen molar-refractivity contribution >= 4 is 21.4 Å². The third-order valence-corrected chi connectivity index (χ3v) is 3.51. The zero-order valence-electron chi connectivity index (χ0n) is 12.3. The fourth-order valence-corrected chi connectivity index (χ4v) is 2.87. The van der Waals surface area contributed by atoms with Crippen LogP contribution in [0.5, 0.6) is 5.75 Å². The van der Waals surface area contributed by atoms with E-state index in [2.05, 4.69) is 10.0 Å². The Bertz CT molecular complexity index is 628. The fraction of sp³-hybridized carbons (Fsp3) is 0.500. The van der Waals surface area contributed by atoms with Gasteiger partial charge in [-0.3, -0.25) is 10.1 Å². The molecule has 2 N–H and O–H groups in total. The van der Waals surface area contributed by atoms with Crippen molar-refractivity contribution < 1.29 is 18.1 Å². The quantitative estimate of drug-likeness (QED) is 0.580. The summed E-state index contributed by atoms with van der Waals surface area (Å²) in [6, 6.07) is 4.32. The minimum absolute atomic E-state index is 0.106. The molecule has 0 radical (unpaired) electrons. The van der Waals surface area contributed by atoms with Gasteiger partial charge in [-0.1, -0.05) is 0 Å². The number of sulfonamides is 1. The first-order valence-corrected chi connectivity index (χ1v) is 7.98. The lowest BCUT2D eigenvalue weighted by Crippen LogP contribution is -2.47. The van der Waals surface area contributed by atoms with Gasteiger partial charge in [0.05, 0.1) is 18.3 Å². The van der Waals surface area contributed by atoms with Crippen molar-refractivity contribution in [3.8, 4) is 5.75 Å². The summed E-state index contributed by atoms with van der Waals surface area (Å²) in [7, 11) is -1.92. The first-order valence-electron chi connectivity index (χ1n) is 6.09. The van der Waals surface area contributed by atoms with Crippen LogP contribution in [-0.2, 0) is 10.0 Å². The number of benzene rings is 1. The number of hydrogen-bond donors (Lipinski definition) is 2. The van der Waals surface area contributed by atoms with Crippen molar-refractivity contribution in [2.75, 3.05) is 25.2 Å². The van der Waals surface area contributed by atoms with Crippen LogP contribution >= 0.6 is 0 Å². The van der Waals surface area contributed by atoms with Crippen molar-refractivity contribution in [2.45, 2.75) is 19.4 Å². The van der Waals surface area contributed by atoms with E-state index in [-0.39, 0.29) is 17.9 Å². The molecular formula is C12H19N3O5S. The summed E-state index contributed by atoms with van der Waals surface area (Å²) in [6.45, 7) is 3.52. The minimum Gasteiger partial charge on any atom is -0.497 e. The molecule has 0 bridgehead atoms. The van der Waals surface area contributed by atoms with Crippen LogP contribution in [0, 0.1) is 10.1 Å². The zero-order valence-corrected chi connectivity index (χ0v) is 13.2. The molecule has 9 heteroatoms. The maximum absolute atomic E-state index is 11.3. The molecule has 0 saturated carbocycles. The van der Waals surface area contributed by atoms with Crippen LogP contribution in [0.25, 0.3) is 0 Å². The third-order valence-electron chi connectivity index (χ3n) is 2.58. The SMILES string of the molecule is COc1ccc([N+](=O)[O-])c(NCC(C)(C)NS(C)(=O)=O)c1. The van der Waals surface area contributed by atoms with E-state index in [1.807, 2.05) is 0 Å². The van der Waals surface area contributed by atoms with Gasteiger partial charge >= 0.3 is 0 Å². The Morgan fingerprint density at radius 1 is 1.38 bits per heavy atom.